The first-order chi connectivity index (χ1) is 14.4. The molecule has 2 heterocycles. The molecule has 2 aromatic heterocycles. The number of anilines is 1. The van der Waals surface area contributed by atoms with Gasteiger partial charge in [-0.2, -0.15) is 0 Å². The molecule has 0 aliphatic rings. The normalized spacial score (nSPS) is 11.0. The molecular weight excluding hydrogens is 418 g/mol. The van der Waals surface area contributed by atoms with Crippen LogP contribution in [0.25, 0.3) is 21.3 Å². The second-order valence-corrected chi connectivity index (χ2v) is 8.49. The van der Waals surface area contributed by atoms with Crippen molar-refractivity contribution >= 4 is 44.7 Å². The molecule has 152 valence electrons. The minimum Gasteiger partial charge on any atom is -0.326 e. The smallest absolute Gasteiger partial charge is 0.262 e. The summed E-state index contributed by atoms with van der Waals surface area (Å²) >= 11 is 7.46. The number of carbonyl (C=O) groups excluding carboxylic acids is 1. The standard InChI is InChI=1S/C23H20ClN3O2S/c1-14-3-6-16(7-4-14)18-12-30-22-21(18)23(29)27(13-25-22)10-9-20(28)26-19-11-17(24)8-5-15(19)2/h3-8,11-13H,9-10H2,1-2H3,(H,26,28). The van der Waals surface area contributed by atoms with E-state index >= 15 is 0 Å². The molecule has 0 saturated heterocycles. The molecule has 4 aromatic rings. The first kappa shape index (κ1) is 20.3. The maximum atomic E-state index is 13.1. The molecule has 5 nitrogen and oxygen atoms in total. The molecule has 1 amide bonds. The second kappa shape index (κ2) is 8.42. The number of halogens is 1. The first-order valence-electron chi connectivity index (χ1n) is 9.52. The molecule has 0 bridgehead atoms. The molecule has 0 aliphatic heterocycles. The van der Waals surface area contributed by atoms with Gasteiger partial charge in [-0.3, -0.25) is 14.2 Å². The molecule has 0 fully saturated rings. The largest absolute Gasteiger partial charge is 0.326 e. The van der Waals surface area contributed by atoms with Crippen molar-refractivity contribution in [2.24, 2.45) is 0 Å². The monoisotopic (exact) mass is 437 g/mol. The van der Waals surface area contributed by atoms with Crippen LogP contribution in [0.4, 0.5) is 5.69 Å². The fraction of sp³-hybridized carbons (Fsp3) is 0.174. The highest BCUT2D eigenvalue weighted by Crippen LogP contribution is 2.30. The van der Waals surface area contributed by atoms with E-state index in [1.807, 2.05) is 49.6 Å². The number of hydrogen-bond acceptors (Lipinski definition) is 4. The fourth-order valence-electron chi connectivity index (χ4n) is 3.24. The zero-order valence-electron chi connectivity index (χ0n) is 16.6. The quantitative estimate of drug-likeness (QED) is 0.453. The maximum Gasteiger partial charge on any atom is 0.262 e. The highest BCUT2D eigenvalue weighted by molar-refractivity contribution is 7.17. The predicted molar refractivity (Wildman–Crippen MR) is 123 cm³/mol. The van der Waals surface area contributed by atoms with Gasteiger partial charge < -0.3 is 5.32 Å². The highest BCUT2D eigenvalue weighted by Gasteiger charge is 2.14. The van der Waals surface area contributed by atoms with Crippen molar-refractivity contribution < 1.29 is 4.79 Å². The van der Waals surface area contributed by atoms with Gasteiger partial charge in [0.2, 0.25) is 5.91 Å². The van der Waals surface area contributed by atoms with E-state index in [9.17, 15) is 9.59 Å². The highest BCUT2D eigenvalue weighted by atomic mass is 35.5. The number of aromatic nitrogens is 2. The summed E-state index contributed by atoms with van der Waals surface area (Å²) in [5.41, 5.74) is 4.48. The Hall–Kier alpha value is -2.96. The van der Waals surface area contributed by atoms with Crippen molar-refractivity contribution in [3.8, 4) is 11.1 Å². The van der Waals surface area contributed by atoms with Gasteiger partial charge in [-0.05, 0) is 37.1 Å². The fourth-order valence-corrected chi connectivity index (χ4v) is 4.31. The Kier molecular flexibility index (Phi) is 5.70. The van der Waals surface area contributed by atoms with Crippen LogP contribution >= 0.6 is 22.9 Å². The van der Waals surface area contributed by atoms with Gasteiger partial charge in [0, 0.05) is 34.6 Å². The number of thiophene rings is 1. The van der Waals surface area contributed by atoms with Gasteiger partial charge >= 0.3 is 0 Å². The van der Waals surface area contributed by atoms with E-state index in [-0.39, 0.29) is 24.4 Å². The lowest BCUT2D eigenvalue weighted by Crippen LogP contribution is -2.23. The molecule has 0 atom stereocenters. The van der Waals surface area contributed by atoms with Crippen molar-refractivity contribution in [2.45, 2.75) is 26.8 Å². The Bertz CT molecular complexity index is 1290. The van der Waals surface area contributed by atoms with E-state index < -0.39 is 0 Å². The van der Waals surface area contributed by atoms with E-state index in [2.05, 4.69) is 10.3 Å². The van der Waals surface area contributed by atoms with Crippen LogP contribution in [0.2, 0.25) is 5.02 Å². The average Bonchev–Trinajstić information content (AvgIpc) is 3.16. The van der Waals surface area contributed by atoms with E-state index in [1.54, 1.807) is 12.1 Å². The number of aryl methyl sites for hydroxylation is 3. The zero-order valence-corrected chi connectivity index (χ0v) is 18.2. The van der Waals surface area contributed by atoms with Crippen LogP contribution in [0.3, 0.4) is 0 Å². The van der Waals surface area contributed by atoms with E-state index in [0.29, 0.717) is 20.9 Å². The Balaban J connectivity index is 1.56. The Morgan fingerprint density at radius 3 is 2.70 bits per heavy atom. The number of fused-ring (bicyclic) bond motifs is 1. The number of hydrogen-bond donors (Lipinski definition) is 1. The van der Waals surface area contributed by atoms with Gasteiger partial charge in [-0.1, -0.05) is 47.5 Å². The van der Waals surface area contributed by atoms with Gasteiger partial charge in [0.1, 0.15) is 4.83 Å². The summed E-state index contributed by atoms with van der Waals surface area (Å²) in [7, 11) is 0. The van der Waals surface area contributed by atoms with Crippen molar-refractivity contribution in [3.05, 3.63) is 80.7 Å². The van der Waals surface area contributed by atoms with Crippen LogP contribution < -0.4 is 10.9 Å². The van der Waals surface area contributed by atoms with Gasteiger partial charge in [0.15, 0.2) is 0 Å². The summed E-state index contributed by atoms with van der Waals surface area (Å²) in [5.74, 6) is -0.184. The van der Waals surface area contributed by atoms with Crippen molar-refractivity contribution in [1.29, 1.82) is 0 Å². The number of benzene rings is 2. The summed E-state index contributed by atoms with van der Waals surface area (Å²) in [6, 6.07) is 13.4. The van der Waals surface area contributed by atoms with Crippen LogP contribution in [-0.4, -0.2) is 15.5 Å². The number of rotatable bonds is 5. The summed E-state index contributed by atoms with van der Waals surface area (Å²) in [6.45, 7) is 4.17. The predicted octanol–water partition coefficient (Wildman–Crippen LogP) is 5.42. The molecule has 0 spiro atoms. The number of nitrogens with one attached hydrogen (secondary N) is 1. The Morgan fingerprint density at radius 2 is 1.93 bits per heavy atom. The molecule has 7 heteroatoms. The van der Waals surface area contributed by atoms with E-state index in [4.69, 9.17) is 11.6 Å². The summed E-state index contributed by atoms with van der Waals surface area (Å²) in [6.07, 6.45) is 1.67. The maximum absolute atomic E-state index is 13.1. The number of nitrogens with zero attached hydrogens (tertiary/aromatic N) is 2. The third-order valence-corrected chi connectivity index (χ3v) is 6.10. The van der Waals surface area contributed by atoms with Crippen LogP contribution in [-0.2, 0) is 11.3 Å². The Morgan fingerprint density at radius 1 is 1.17 bits per heavy atom. The van der Waals surface area contributed by atoms with Gasteiger partial charge in [-0.25, -0.2) is 4.98 Å². The van der Waals surface area contributed by atoms with Crippen LogP contribution in [0.5, 0.6) is 0 Å². The van der Waals surface area contributed by atoms with Gasteiger partial charge in [-0.15, -0.1) is 11.3 Å². The minimum atomic E-state index is -0.184. The topological polar surface area (TPSA) is 64.0 Å². The number of amides is 1. The van der Waals surface area contributed by atoms with Gasteiger partial charge in [0.25, 0.3) is 5.56 Å². The lowest BCUT2D eigenvalue weighted by atomic mass is 10.1. The molecular formula is C23H20ClN3O2S. The molecule has 0 unspecified atom stereocenters. The van der Waals surface area contributed by atoms with Crippen LogP contribution in [0.15, 0.2) is 59.0 Å². The van der Waals surface area contributed by atoms with Crippen molar-refractivity contribution in [2.75, 3.05) is 5.32 Å². The third kappa shape index (κ3) is 4.15. The van der Waals surface area contributed by atoms with Crippen molar-refractivity contribution in [3.63, 3.8) is 0 Å². The van der Waals surface area contributed by atoms with Crippen LogP contribution in [0.1, 0.15) is 17.5 Å². The van der Waals surface area contributed by atoms with Crippen LogP contribution in [0, 0.1) is 13.8 Å². The second-order valence-electron chi connectivity index (χ2n) is 7.20. The van der Waals surface area contributed by atoms with E-state index in [1.165, 1.54) is 22.2 Å². The molecule has 0 aliphatic carbocycles. The Labute approximate surface area is 183 Å². The lowest BCUT2D eigenvalue weighted by Gasteiger charge is -2.10. The molecule has 2 aromatic carbocycles. The lowest BCUT2D eigenvalue weighted by molar-refractivity contribution is -0.116. The van der Waals surface area contributed by atoms with Gasteiger partial charge in [0.05, 0.1) is 11.7 Å². The molecule has 4 rings (SSSR count). The summed E-state index contributed by atoms with van der Waals surface area (Å²) in [4.78, 5) is 30.6. The summed E-state index contributed by atoms with van der Waals surface area (Å²) < 4.78 is 1.50. The third-order valence-electron chi connectivity index (χ3n) is 4.98. The average molecular weight is 438 g/mol. The minimum absolute atomic E-state index is 0.136. The number of carbonyl (C=O) groups is 1. The van der Waals surface area contributed by atoms with E-state index in [0.717, 1.165) is 22.3 Å². The summed E-state index contributed by atoms with van der Waals surface area (Å²) in [5, 5.41) is 5.97. The molecule has 1 N–H and O–H groups in total. The first-order valence-corrected chi connectivity index (χ1v) is 10.8. The molecule has 0 saturated carbocycles. The molecule has 30 heavy (non-hydrogen) atoms. The molecule has 0 radical (unpaired) electrons. The zero-order chi connectivity index (χ0) is 21.3. The SMILES string of the molecule is Cc1ccc(-c2csc3ncn(CCC(=O)Nc4cc(Cl)ccc4C)c(=O)c23)cc1. The van der Waals surface area contributed by atoms with Crippen molar-refractivity contribution in [1.82, 2.24) is 9.55 Å².